The van der Waals surface area contributed by atoms with Gasteiger partial charge in [0.1, 0.15) is 6.04 Å². The van der Waals surface area contributed by atoms with Gasteiger partial charge in [0.2, 0.25) is 5.91 Å². The van der Waals surface area contributed by atoms with Gasteiger partial charge in [0.15, 0.2) is 0 Å². The van der Waals surface area contributed by atoms with Crippen LogP contribution in [-0.2, 0) is 9.59 Å². The molecular weight excluding hydrogens is 260 g/mol. The van der Waals surface area contributed by atoms with Gasteiger partial charge in [-0.1, -0.05) is 6.07 Å². The van der Waals surface area contributed by atoms with E-state index in [-0.39, 0.29) is 12.8 Å². The van der Waals surface area contributed by atoms with Crippen molar-refractivity contribution in [3.05, 3.63) is 34.9 Å². The summed E-state index contributed by atoms with van der Waals surface area (Å²) in [6, 6.07) is 3.99. The number of nitrogens with two attached hydrogens (primary N) is 1. The molecule has 0 aliphatic rings. The molecule has 0 radical (unpaired) electrons. The predicted octanol–water partition coefficient (Wildman–Crippen LogP) is 0.752. The minimum absolute atomic E-state index is 0.0265. The van der Waals surface area contributed by atoms with Crippen molar-refractivity contribution in [3.63, 3.8) is 0 Å². The van der Waals surface area contributed by atoms with Crippen molar-refractivity contribution in [2.24, 2.45) is 5.73 Å². The number of aryl methyl sites for hydroxylation is 2. The fraction of sp³-hybridized carbons (Fsp3) is 0.357. The Morgan fingerprint density at radius 1 is 1.25 bits per heavy atom. The van der Waals surface area contributed by atoms with Gasteiger partial charge in [0.05, 0.1) is 0 Å². The minimum atomic E-state index is -1.19. The van der Waals surface area contributed by atoms with Crippen LogP contribution in [0.25, 0.3) is 0 Å². The molecule has 1 unspecified atom stereocenters. The molecule has 0 aliphatic carbocycles. The van der Waals surface area contributed by atoms with E-state index in [0.717, 1.165) is 11.1 Å². The van der Waals surface area contributed by atoms with Gasteiger partial charge < -0.3 is 16.2 Å². The summed E-state index contributed by atoms with van der Waals surface area (Å²) in [5, 5.41) is 11.4. The van der Waals surface area contributed by atoms with Gasteiger partial charge >= 0.3 is 5.97 Å². The quantitative estimate of drug-likeness (QED) is 0.713. The summed E-state index contributed by atoms with van der Waals surface area (Å²) in [7, 11) is 0. The smallest absolute Gasteiger partial charge is 0.326 e. The topological polar surface area (TPSA) is 109 Å². The van der Waals surface area contributed by atoms with Crippen LogP contribution in [0, 0.1) is 13.8 Å². The van der Waals surface area contributed by atoms with E-state index in [1.165, 1.54) is 0 Å². The van der Waals surface area contributed by atoms with E-state index in [4.69, 9.17) is 10.8 Å². The first-order valence-corrected chi connectivity index (χ1v) is 6.20. The van der Waals surface area contributed by atoms with Crippen molar-refractivity contribution in [1.29, 1.82) is 0 Å². The molecule has 0 saturated carbocycles. The van der Waals surface area contributed by atoms with Gasteiger partial charge in [-0.25, -0.2) is 4.79 Å². The maximum Gasteiger partial charge on any atom is 0.326 e. The number of primary amides is 1. The van der Waals surface area contributed by atoms with E-state index in [0.29, 0.717) is 5.56 Å². The summed E-state index contributed by atoms with van der Waals surface area (Å²) < 4.78 is 0. The average Bonchev–Trinajstić information content (AvgIpc) is 2.36. The number of carbonyl (C=O) groups is 3. The number of nitrogens with one attached hydrogen (secondary N) is 1. The second kappa shape index (κ2) is 6.70. The Kier molecular flexibility index (Phi) is 5.25. The summed E-state index contributed by atoms with van der Waals surface area (Å²) in [5.41, 5.74) is 7.35. The summed E-state index contributed by atoms with van der Waals surface area (Å²) in [6.07, 6.45) is -0.120. The Hall–Kier alpha value is -2.37. The zero-order chi connectivity index (χ0) is 15.3. The molecule has 0 spiro atoms. The van der Waals surface area contributed by atoms with Crippen molar-refractivity contribution < 1.29 is 19.5 Å². The van der Waals surface area contributed by atoms with Gasteiger partial charge in [0, 0.05) is 12.0 Å². The molecule has 0 bridgehead atoms. The Labute approximate surface area is 117 Å². The zero-order valence-corrected chi connectivity index (χ0v) is 11.5. The molecule has 4 N–H and O–H groups in total. The molecule has 0 heterocycles. The molecule has 1 atom stereocenters. The number of hydrogen-bond donors (Lipinski definition) is 3. The molecule has 0 fully saturated rings. The van der Waals surface area contributed by atoms with Crippen LogP contribution in [0.2, 0.25) is 0 Å². The standard InChI is InChI=1S/C14H18N2O4/c1-8-3-4-10(7-9(8)2)13(18)16-11(14(19)20)5-6-12(15)17/h3-4,7,11H,5-6H2,1-2H3,(H2,15,17)(H,16,18)(H,19,20). The highest BCUT2D eigenvalue weighted by atomic mass is 16.4. The third-order valence-corrected chi connectivity index (χ3v) is 3.05. The first-order valence-electron chi connectivity index (χ1n) is 6.20. The van der Waals surface area contributed by atoms with E-state index >= 15 is 0 Å². The normalized spacial score (nSPS) is 11.7. The second-order valence-electron chi connectivity index (χ2n) is 4.67. The van der Waals surface area contributed by atoms with Crippen LogP contribution in [0.3, 0.4) is 0 Å². The Morgan fingerprint density at radius 2 is 1.90 bits per heavy atom. The van der Waals surface area contributed by atoms with Crippen LogP contribution in [0.1, 0.15) is 34.3 Å². The van der Waals surface area contributed by atoms with Crippen LogP contribution in [-0.4, -0.2) is 28.9 Å². The van der Waals surface area contributed by atoms with E-state index in [2.05, 4.69) is 5.32 Å². The average molecular weight is 278 g/mol. The molecule has 0 aromatic heterocycles. The van der Waals surface area contributed by atoms with Crippen LogP contribution in [0.5, 0.6) is 0 Å². The summed E-state index contributed by atoms with van der Waals surface area (Å²) >= 11 is 0. The minimum Gasteiger partial charge on any atom is -0.480 e. The SMILES string of the molecule is Cc1ccc(C(=O)NC(CCC(N)=O)C(=O)O)cc1C. The fourth-order valence-electron chi connectivity index (χ4n) is 1.67. The first kappa shape index (κ1) is 15.7. The predicted molar refractivity (Wildman–Crippen MR) is 73.2 cm³/mol. The highest BCUT2D eigenvalue weighted by molar-refractivity contribution is 5.96. The van der Waals surface area contributed by atoms with Crippen molar-refractivity contribution >= 4 is 17.8 Å². The first-order chi connectivity index (χ1) is 9.31. The molecule has 0 aliphatic heterocycles. The summed E-state index contributed by atoms with van der Waals surface area (Å²) in [6.45, 7) is 3.79. The lowest BCUT2D eigenvalue weighted by Gasteiger charge is -2.14. The van der Waals surface area contributed by atoms with Gasteiger partial charge in [0.25, 0.3) is 5.91 Å². The summed E-state index contributed by atoms with van der Waals surface area (Å²) in [5.74, 6) is -2.27. The lowest BCUT2D eigenvalue weighted by Crippen LogP contribution is -2.41. The fourth-order valence-corrected chi connectivity index (χ4v) is 1.67. The van der Waals surface area contributed by atoms with Gasteiger partial charge in [-0.15, -0.1) is 0 Å². The number of carbonyl (C=O) groups excluding carboxylic acids is 2. The van der Waals surface area contributed by atoms with Crippen LogP contribution in [0.4, 0.5) is 0 Å². The van der Waals surface area contributed by atoms with Crippen molar-refractivity contribution in [2.75, 3.05) is 0 Å². The van der Waals surface area contributed by atoms with Crippen LogP contribution < -0.4 is 11.1 Å². The lowest BCUT2D eigenvalue weighted by atomic mass is 10.1. The molecule has 1 aromatic rings. The number of benzene rings is 1. The number of hydrogen-bond acceptors (Lipinski definition) is 3. The van der Waals surface area contributed by atoms with Crippen LogP contribution >= 0.6 is 0 Å². The molecule has 1 rings (SSSR count). The molecule has 6 heteroatoms. The van der Waals surface area contributed by atoms with Gasteiger partial charge in [-0.2, -0.15) is 0 Å². The number of carboxylic acid groups (broad SMARTS) is 1. The summed E-state index contributed by atoms with van der Waals surface area (Å²) in [4.78, 5) is 33.7. The van der Waals surface area contributed by atoms with Gasteiger partial charge in [-0.05, 0) is 43.5 Å². The third-order valence-electron chi connectivity index (χ3n) is 3.05. The number of amides is 2. The number of carboxylic acids is 1. The molecule has 1 aromatic carbocycles. The molecule has 108 valence electrons. The Balaban J connectivity index is 2.77. The highest BCUT2D eigenvalue weighted by Crippen LogP contribution is 2.10. The second-order valence-corrected chi connectivity index (χ2v) is 4.67. The number of aliphatic carboxylic acids is 1. The van der Waals surface area contributed by atoms with Crippen molar-refractivity contribution in [1.82, 2.24) is 5.32 Å². The van der Waals surface area contributed by atoms with E-state index in [1.54, 1.807) is 18.2 Å². The van der Waals surface area contributed by atoms with E-state index < -0.39 is 23.8 Å². The monoisotopic (exact) mass is 278 g/mol. The Morgan fingerprint density at radius 3 is 2.40 bits per heavy atom. The Bertz CT molecular complexity index is 540. The zero-order valence-electron chi connectivity index (χ0n) is 11.5. The largest absolute Gasteiger partial charge is 0.480 e. The lowest BCUT2D eigenvalue weighted by molar-refractivity contribution is -0.139. The van der Waals surface area contributed by atoms with E-state index in [9.17, 15) is 14.4 Å². The molecule has 6 nitrogen and oxygen atoms in total. The maximum absolute atomic E-state index is 12.0. The molecule has 20 heavy (non-hydrogen) atoms. The molecule has 0 saturated heterocycles. The van der Waals surface area contributed by atoms with E-state index in [1.807, 2.05) is 13.8 Å². The third kappa shape index (κ3) is 4.38. The maximum atomic E-state index is 12.0. The molecule has 2 amide bonds. The highest BCUT2D eigenvalue weighted by Gasteiger charge is 2.21. The van der Waals surface area contributed by atoms with Crippen molar-refractivity contribution in [2.45, 2.75) is 32.7 Å². The number of rotatable bonds is 6. The molecular formula is C14H18N2O4. The van der Waals surface area contributed by atoms with Crippen molar-refractivity contribution in [3.8, 4) is 0 Å². The van der Waals surface area contributed by atoms with Crippen LogP contribution in [0.15, 0.2) is 18.2 Å². The van der Waals surface area contributed by atoms with Gasteiger partial charge in [-0.3, -0.25) is 9.59 Å².